The fourth-order valence-corrected chi connectivity index (χ4v) is 4.80. The van der Waals surface area contributed by atoms with Crippen molar-refractivity contribution in [3.63, 3.8) is 0 Å². The Hall–Kier alpha value is 0.427. The van der Waals surface area contributed by atoms with Gasteiger partial charge in [0, 0.05) is 0 Å². The fourth-order valence-electron chi connectivity index (χ4n) is 1.14. The second-order valence-electron chi connectivity index (χ2n) is 2.61. The van der Waals surface area contributed by atoms with E-state index in [0.29, 0.717) is 0 Å². The summed E-state index contributed by atoms with van der Waals surface area (Å²) in [6.07, 6.45) is 1.15. The molecule has 2 N–H and O–H groups in total. The van der Waals surface area contributed by atoms with E-state index < -0.39 is 7.71 Å². The van der Waals surface area contributed by atoms with Crippen LogP contribution in [-0.2, 0) is 0 Å². The Bertz CT molecular complexity index is 83.4. The smallest absolute Gasteiger partial charge is 0.302 e. The first-order valence-electron chi connectivity index (χ1n) is 4.37. The highest BCUT2D eigenvalue weighted by atomic mass is 35.6. The fraction of sp³-hybridized carbons (Fsp3) is 1.00. The molecule has 0 aliphatic rings. The van der Waals surface area contributed by atoms with E-state index in [1.54, 1.807) is 0 Å². The second kappa shape index (κ2) is 6.00. The number of hydrogen-bond donors (Lipinski definition) is 2. The van der Waals surface area contributed by atoms with E-state index in [1.165, 1.54) is 0 Å². The monoisotopic (exact) mass is 194 g/mol. The van der Waals surface area contributed by atoms with Gasteiger partial charge >= 0.3 is 7.71 Å². The van der Waals surface area contributed by atoms with Crippen LogP contribution in [0.4, 0.5) is 0 Å². The van der Waals surface area contributed by atoms with Gasteiger partial charge in [0.25, 0.3) is 0 Å². The largest absolute Gasteiger partial charge is 0.314 e. The first-order valence-corrected chi connectivity index (χ1v) is 7.59. The molecule has 0 aromatic heterocycles. The lowest BCUT2D eigenvalue weighted by atomic mass is 10.6. The Kier molecular flexibility index (Phi) is 6.23. The van der Waals surface area contributed by atoms with Crippen molar-refractivity contribution in [2.75, 3.05) is 13.1 Å². The minimum Gasteiger partial charge on any atom is -0.314 e. The van der Waals surface area contributed by atoms with Crippen molar-refractivity contribution >= 4 is 18.8 Å². The lowest BCUT2D eigenvalue weighted by Gasteiger charge is -2.24. The van der Waals surface area contributed by atoms with Crippen molar-refractivity contribution in [2.24, 2.45) is 0 Å². The van der Waals surface area contributed by atoms with Gasteiger partial charge in [-0.1, -0.05) is 27.2 Å². The van der Waals surface area contributed by atoms with Crippen LogP contribution in [0.2, 0.25) is 6.04 Å². The Labute approximate surface area is 75.6 Å². The lowest BCUT2D eigenvalue weighted by Crippen LogP contribution is -2.57. The molecule has 0 saturated carbocycles. The second-order valence-corrected chi connectivity index (χ2v) is 7.36. The average Bonchev–Trinajstić information content (AvgIpc) is 1.88. The zero-order valence-electron chi connectivity index (χ0n) is 7.71. The van der Waals surface area contributed by atoms with Gasteiger partial charge in [0.15, 0.2) is 0 Å². The van der Waals surface area contributed by atoms with Gasteiger partial charge in [0.1, 0.15) is 0 Å². The zero-order chi connectivity index (χ0) is 8.74. The van der Waals surface area contributed by atoms with E-state index >= 15 is 0 Å². The van der Waals surface area contributed by atoms with Gasteiger partial charge in [-0.3, -0.25) is 0 Å². The predicted molar refractivity (Wildman–Crippen MR) is 54.1 cm³/mol. The third-order valence-corrected chi connectivity index (χ3v) is 5.89. The summed E-state index contributed by atoms with van der Waals surface area (Å²) >= 11 is 6.36. The first kappa shape index (κ1) is 11.4. The first-order chi connectivity index (χ1) is 5.18. The highest BCUT2D eigenvalue weighted by Crippen LogP contribution is 2.09. The van der Waals surface area contributed by atoms with Crippen LogP contribution in [0.3, 0.4) is 0 Å². The van der Waals surface area contributed by atoms with E-state index in [0.717, 1.165) is 25.6 Å². The molecular formula is C7H19ClN2Si. The molecule has 0 rings (SSSR count). The van der Waals surface area contributed by atoms with E-state index in [-0.39, 0.29) is 0 Å². The molecule has 2 nitrogen and oxygen atoms in total. The maximum atomic E-state index is 6.36. The van der Waals surface area contributed by atoms with Crippen LogP contribution < -0.4 is 9.96 Å². The van der Waals surface area contributed by atoms with E-state index in [1.807, 2.05) is 0 Å². The molecule has 0 heterocycles. The molecule has 4 heteroatoms. The summed E-state index contributed by atoms with van der Waals surface area (Å²) in [4.78, 5) is 6.71. The molecule has 0 unspecified atom stereocenters. The van der Waals surface area contributed by atoms with Gasteiger partial charge in [-0.25, -0.2) is 0 Å². The summed E-state index contributed by atoms with van der Waals surface area (Å²) < 4.78 is 0. The van der Waals surface area contributed by atoms with Crippen LogP contribution in [0, 0.1) is 0 Å². The SMILES string of the molecule is CCC[Si](Cl)(NCC)NCC. The number of halogens is 1. The maximum Gasteiger partial charge on any atom is 0.302 e. The molecule has 0 fully saturated rings. The van der Waals surface area contributed by atoms with Gasteiger partial charge in [0.2, 0.25) is 0 Å². The molecule has 0 radical (unpaired) electrons. The summed E-state index contributed by atoms with van der Waals surface area (Å²) in [5.74, 6) is 0. The van der Waals surface area contributed by atoms with Crippen molar-refractivity contribution in [1.82, 2.24) is 9.96 Å². The van der Waals surface area contributed by atoms with Crippen molar-refractivity contribution in [3.05, 3.63) is 0 Å². The molecule has 0 aromatic rings. The van der Waals surface area contributed by atoms with Gasteiger partial charge < -0.3 is 9.96 Å². The van der Waals surface area contributed by atoms with Crippen molar-refractivity contribution < 1.29 is 0 Å². The zero-order valence-corrected chi connectivity index (χ0v) is 9.46. The van der Waals surface area contributed by atoms with Crippen molar-refractivity contribution in [3.8, 4) is 0 Å². The number of nitrogens with one attached hydrogen (secondary N) is 2. The Morgan fingerprint density at radius 1 is 1.09 bits per heavy atom. The quantitative estimate of drug-likeness (QED) is 0.498. The van der Waals surface area contributed by atoms with E-state index in [4.69, 9.17) is 11.1 Å². The summed E-state index contributed by atoms with van der Waals surface area (Å²) in [6, 6.07) is 1.09. The highest BCUT2D eigenvalue weighted by Gasteiger charge is 2.27. The molecular weight excluding hydrogens is 176 g/mol. The van der Waals surface area contributed by atoms with Crippen LogP contribution in [0.25, 0.3) is 0 Å². The Morgan fingerprint density at radius 3 is 1.82 bits per heavy atom. The summed E-state index contributed by atoms with van der Waals surface area (Å²) in [5.41, 5.74) is 0. The third-order valence-electron chi connectivity index (χ3n) is 1.51. The highest BCUT2D eigenvalue weighted by molar-refractivity contribution is 7.17. The molecule has 0 amide bonds. The molecule has 0 bridgehead atoms. The number of rotatable bonds is 6. The standard InChI is InChI=1S/C7H19ClN2Si/c1-4-7-11(8,9-5-2)10-6-3/h9-10H,4-7H2,1-3H3. The molecule has 0 saturated heterocycles. The van der Waals surface area contributed by atoms with Crippen molar-refractivity contribution in [1.29, 1.82) is 0 Å². The van der Waals surface area contributed by atoms with Crippen LogP contribution in [-0.4, -0.2) is 20.8 Å². The normalized spacial score (nSPS) is 12.0. The van der Waals surface area contributed by atoms with E-state index in [2.05, 4.69) is 30.7 Å². The van der Waals surface area contributed by atoms with Crippen molar-refractivity contribution in [2.45, 2.75) is 33.2 Å². The van der Waals surface area contributed by atoms with E-state index in [9.17, 15) is 0 Å². The maximum absolute atomic E-state index is 6.36. The number of hydrogen-bond acceptors (Lipinski definition) is 2. The van der Waals surface area contributed by atoms with Crippen LogP contribution >= 0.6 is 11.1 Å². The topological polar surface area (TPSA) is 24.1 Å². The minimum absolute atomic E-state index is 0.961. The predicted octanol–water partition coefficient (Wildman–Crippen LogP) is 1.79. The Morgan fingerprint density at radius 2 is 1.55 bits per heavy atom. The molecule has 0 aliphatic heterocycles. The van der Waals surface area contributed by atoms with Gasteiger partial charge in [-0.05, 0) is 19.1 Å². The minimum atomic E-state index is -1.78. The Balaban J connectivity index is 3.79. The van der Waals surface area contributed by atoms with Crippen LogP contribution in [0.15, 0.2) is 0 Å². The van der Waals surface area contributed by atoms with Crippen LogP contribution in [0.5, 0.6) is 0 Å². The molecule has 0 aromatic carbocycles. The molecule has 68 valence electrons. The summed E-state index contributed by atoms with van der Waals surface area (Å²) in [7, 11) is -1.78. The molecule has 0 aliphatic carbocycles. The van der Waals surface area contributed by atoms with Gasteiger partial charge in [-0.15, -0.1) is 11.1 Å². The summed E-state index contributed by atoms with van der Waals surface area (Å²) in [6.45, 7) is 8.28. The molecule has 0 spiro atoms. The molecule has 11 heavy (non-hydrogen) atoms. The van der Waals surface area contributed by atoms with Crippen LogP contribution in [0.1, 0.15) is 27.2 Å². The van der Waals surface area contributed by atoms with Gasteiger partial charge in [0.05, 0.1) is 0 Å². The lowest BCUT2D eigenvalue weighted by molar-refractivity contribution is 0.849. The van der Waals surface area contributed by atoms with Gasteiger partial charge in [-0.2, -0.15) is 0 Å². The molecule has 0 atom stereocenters. The third kappa shape index (κ3) is 4.79. The average molecular weight is 195 g/mol. The summed E-state index contributed by atoms with van der Waals surface area (Å²) in [5, 5.41) is 0.